The Morgan fingerprint density at radius 3 is 2.22 bits per heavy atom. The monoisotopic (exact) mass is 263 g/mol. The van der Waals surface area contributed by atoms with Gasteiger partial charge in [-0.15, -0.1) is 0 Å². The highest BCUT2D eigenvalue weighted by atomic mass is 35.5. The summed E-state index contributed by atoms with van der Waals surface area (Å²) in [5.41, 5.74) is 2.03. The van der Waals surface area contributed by atoms with Gasteiger partial charge in [-0.05, 0) is 35.7 Å². The van der Waals surface area contributed by atoms with Crippen molar-refractivity contribution in [1.82, 2.24) is 4.98 Å². The summed E-state index contributed by atoms with van der Waals surface area (Å²) in [6.07, 6.45) is 1.65. The molecule has 0 aliphatic carbocycles. The smallest absolute Gasteiger partial charge is 0.123 e. The first-order valence-corrected chi connectivity index (χ1v) is 6.32. The quantitative estimate of drug-likeness (QED) is 0.785. The van der Waals surface area contributed by atoms with E-state index in [2.05, 4.69) is 18.8 Å². The van der Waals surface area contributed by atoms with Crippen LogP contribution in [0.2, 0.25) is 5.02 Å². The molecule has 0 saturated heterocycles. The molecular weight excluding hydrogens is 249 g/mol. The molecule has 94 valence electrons. The Bertz CT molecular complexity index is 460. The number of hydrogen-bond donors (Lipinski definition) is 0. The predicted molar refractivity (Wildman–Crippen MR) is 72.3 cm³/mol. The topological polar surface area (TPSA) is 12.9 Å². The SMILES string of the molecule is CC(C)C(c1ccc(F)cc1)c1ccc(Cl)cn1. The molecule has 0 amide bonds. The zero-order valence-electron chi connectivity index (χ0n) is 10.4. The van der Waals surface area contributed by atoms with E-state index in [1.807, 2.05) is 24.3 Å². The molecule has 0 radical (unpaired) electrons. The van der Waals surface area contributed by atoms with Gasteiger partial charge < -0.3 is 0 Å². The Morgan fingerprint density at radius 2 is 1.72 bits per heavy atom. The van der Waals surface area contributed by atoms with E-state index in [0.29, 0.717) is 10.9 Å². The standard InChI is InChI=1S/C15H15ClFN/c1-10(2)15(11-3-6-13(17)7-4-11)14-8-5-12(16)9-18-14/h3-10,15H,1-2H3. The van der Waals surface area contributed by atoms with Gasteiger partial charge in [0.15, 0.2) is 0 Å². The molecule has 2 aromatic rings. The van der Waals surface area contributed by atoms with Crippen molar-refractivity contribution >= 4 is 11.6 Å². The average Bonchev–Trinajstić information content (AvgIpc) is 2.34. The lowest BCUT2D eigenvalue weighted by atomic mass is 9.85. The number of hydrogen-bond acceptors (Lipinski definition) is 1. The second kappa shape index (κ2) is 5.49. The minimum absolute atomic E-state index is 0.155. The Kier molecular flexibility index (Phi) is 3.97. The second-order valence-corrected chi connectivity index (χ2v) is 5.11. The Hall–Kier alpha value is -1.41. The zero-order valence-corrected chi connectivity index (χ0v) is 11.2. The third-order valence-electron chi connectivity index (χ3n) is 2.96. The molecule has 2 rings (SSSR count). The molecule has 1 nitrogen and oxygen atoms in total. The molecule has 18 heavy (non-hydrogen) atoms. The summed E-state index contributed by atoms with van der Waals surface area (Å²) in [5, 5.41) is 0.625. The normalized spacial score (nSPS) is 12.7. The first-order valence-electron chi connectivity index (χ1n) is 5.95. The molecule has 0 saturated carbocycles. The third-order valence-corrected chi connectivity index (χ3v) is 3.19. The fourth-order valence-corrected chi connectivity index (χ4v) is 2.25. The van der Waals surface area contributed by atoms with E-state index in [1.165, 1.54) is 12.1 Å². The molecule has 3 heteroatoms. The molecule has 0 N–H and O–H groups in total. The molecular formula is C15H15ClFN. The van der Waals surface area contributed by atoms with E-state index in [-0.39, 0.29) is 11.7 Å². The van der Waals surface area contributed by atoms with Crippen LogP contribution in [-0.4, -0.2) is 4.98 Å². The minimum atomic E-state index is -0.217. The highest BCUT2D eigenvalue weighted by molar-refractivity contribution is 6.30. The first-order chi connectivity index (χ1) is 8.58. The number of benzene rings is 1. The molecule has 0 bridgehead atoms. The van der Waals surface area contributed by atoms with Crippen LogP contribution < -0.4 is 0 Å². The van der Waals surface area contributed by atoms with Crippen LogP contribution in [0.4, 0.5) is 4.39 Å². The van der Waals surface area contributed by atoms with Crippen molar-refractivity contribution in [3.63, 3.8) is 0 Å². The van der Waals surface area contributed by atoms with Gasteiger partial charge >= 0.3 is 0 Å². The van der Waals surface area contributed by atoms with E-state index >= 15 is 0 Å². The van der Waals surface area contributed by atoms with Gasteiger partial charge in [0, 0.05) is 17.8 Å². The van der Waals surface area contributed by atoms with Crippen molar-refractivity contribution in [2.24, 2.45) is 5.92 Å². The van der Waals surface area contributed by atoms with Crippen molar-refractivity contribution in [3.05, 3.63) is 64.7 Å². The van der Waals surface area contributed by atoms with Gasteiger partial charge in [-0.3, -0.25) is 4.98 Å². The van der Waals surface area contributed by atoms with Crippen molar-refractivity contribution in [3.8, 4) is 0 Å². The predicted octanol–water partition coefficient (Wildman–Crippen LogP) is 4.66. The summed E-state index contributed by atoms with van der Waals surface area (Å²) in [6, 6.07) is 10.4. The molecule has 1 heterocycles. The molecule has 1 aromatic heterocycles. The van der Waals surface area contributed by atoms with Gasteiger partial charge in [0.25, 0.3) is 0 Å². The Labute approximate surface area is 112 Å². The van der Waals surface area contributed by atoms with Gasteiger partial charge in [0.1, 0.15) is 5.82 Å². The van der Waals surface area contributed by atoms with Crippen LogP contribution in [0.5, 0.6) is 0 Å². The zero-order chi connectivity index (χ0) is 13.1. The van der Waals surface area contributed by atoms with E-state index in [4.69, 9.17) is 11.6 Å². The van der Waals surface area contributed by atoms with Crippen LogP contribution in [0.25, 0.3) is 0 Å². The number of nitrogens with zero attached hydrogens (tertiary/aromatic N) is 1. The highest BCUT2D eigenvalue weighted by Gasteiger charge is 2.19. The van der Waals surface area contributed by atoms with Crippen molar-refractivity contribution < 1.29 is 4.39 Å². The largest absolute Gasteiger partial charge is 0.259 e. The number of halogens is 2. The summed E-state index contributed by atoms with van der Waals surface area (Å²) < 4.78 is 13.0. The number of aromatic nitrogens is 1. The van der Waals surface area contributed by atoms with Gasteiger partial charge in [-0.25, -0.2) is 4.39 Å². The number of pyridine rings is 1. The van der Waals surface area contributed by atoms with Crippen molar-refractivity contribution in [1.29, 1.82) is 0 Å². The van der Waals surface area contributed by atoms with Crippen LogP contribution >= 0.6 is 11.6 Å². The molecule has 0 spiro atoms. The average molecular weight is 264 g/mol. The molecule has 1 atom stereocenters. The van der Waals surface area contributed by atoms with E-state index in [0.717, 1.165) is 11.3 Å². The number of rotatable bonds is 3. The maximum Gasteiger partial charge on any atom is 0.123 e. The van der Waals surface area contributed by atoms with Crippen molar-refractivity contribution in [2.45, 2.75) is 19.8 Å². The minimum Gasteiger partial charge on any atom is -0.259 e. The molecule has 0 aliphatic heterocycles. The van der Waals surface area contributed by atoms with Crippen molar-refractivity contribution in [2.75, 3.05) is 0 Å². The molecule has 0 fully saturated rings. The lowest BCUT2D eigenvalue weighted by Crippen LogP contribution is -2.10. The second-order valence-electron chi connectivity index (χ2n) is 4.67. The van der Waals surface area contributed by atoms with Gasteiger partial charge in [-0.1, -0.05) is 37.6 Å². The van der Waals surface area contributed by atoms with E-state index in [9.17, 15) is 4.39 Å². The Morgan fingerprint density at radius 1 is 1.06 bits per heavy atom. The van der Waals surface area contributed by atoms with Crippen LogP contribution in [-0.2, 0) is 0 Å². The van der Waals surface area contributed by atoms with Crippen LogP contribution in [0, 0.1) is 11.7 Å². The van der Waals surface area contributed by atoms with E-state index in [1.54, 1.807) is 6.20 Å². The maximum atomic E-state index is 13.0. The van der Waals surface area contributed by atoms with Crippen LogP contribution in [0.1, 0.15) is 31.0 Å². The van der Waals surface area contributed by atoms with Gasteiger partial charge in [-0.2, -0.15) is 0 Å². The van der Waals surface area contributed by atoms with Gasteiger partial charge in [0.2, 0.25) is 0 Å². The van der Waals surface area contributed by atoms with Gasteiger partial charge in [0.05, 0.1) is 5.02 Å². The summed E-state index contributed by atoms with van der Waals surface area (Å²) in [7, 11) is 0. The maximum absolute atomic E-state index is 13.0. The van der Waals surface area contributed by atoms with E-state index < -0.39 is 0 Å². The lowest BCUT2D eigenvalue weighted by molar-refractivity contribution is 0.550. The lowest BCUT2D eigenvalue weighted by Gasteiger charge is -2.21. The van der Waals surface area contributed by atoms with Crippen LogP contribution in [0.15, 0.2) is 42.6 Å². The fraction of sp³-hybridized carbons (Fsp3) is 0.267. The first kappa shape index (κ1) is 13.0. The molecule has 1 aromatic carbocycles. The third kappa shape index (κ3) is 2.88. The summed E-state index contributed by atoms with van der Waals surface area (Å²) in [4.78, 5) is 4.37. The molecule has 0 aliphatic rings. The van der Waals surface area contributed by atoms with Crippen LogP contribution in [0.3, 0.4) is 0 Å². The Balaban J connectivity index is 2.39. The summed E-state index contributed by atoms with van der Waals surface area (Å²) in [6.45, 7) is 4.26. The summed E-state index contributed by atoms with van der Waals surface area (Å²) in [5.74, 6) is 0.317. The fourth-order valence-electron chi connectivity index (χ4n) is 2.14. The molecule has 1 unspecified atom stereocenters. The highest BCUT2D eigenvalue weighted by Crippen LogP contribution is 2.31. The summed E-state index contributed by atoms with van der Waals surface area (Å²) >= 11 is 5.85.